The summed E-state index contributed by atoms with van der Waals surface area (Å²) in [5.74, 6) is -1.17. The normalized spacial score (nSPS) is 10.3. The maximum Gasteiger partial charge on any atom is 0.345 e. The Morgan fingerprint density at radius 3 is 2.65 bits per heavy atom. The summed E-state index contributed by atoms with van der Waals surface area (Å²) >= 11 is 5.03. The number of hydrogen-bond donors (Lipinski definition) is 1. The van der Waals surface area contributed by atoms with Gasteiger partial charge in [-0.15, -0.1) is 0 Å². The van der Waals surface area contributed by atoms with Gasteiger partial charge in [-0.25, -0.2) is 9.18 Å². The molecule has 0 fully saturated rings. The minimum atomic E-state index is -0.736. The number of halogens is 1. The van der Waals surface area contributed by atoms with Gasteiger partial charge in [0.15, 0.2) is 4.77 Å². The molecule has 2 aromatic rings. The van der Waals surface area contributed by atoms with E-state index in [1.807, 2.05) is 0 Å². The summed E-state index contributed by atoms with van der Waals surface area (Å²) in [6.45, 7) is 1.80. The number of benzene rings is 1. The number of nitrogens with zero attached hydrogens (tertiary/aromatic N) is 1. The highest BCUT2D eigenvalue weighted by Crippen LogP contribution is 2.08. The lowest BCUT2D eigenvalue weighted by Gasteiger charge is -2.08. The lowest BCUT2D eigenvalue weighted by molar-refractivity contribution is 0.0523. The van der Waals surface area contributed by atoms with Crippen molar-refractivity contribution in [2.24, 2.45) is 0 Å². The molecule has 0 unspecified atom stereocenters. The van der Waals surface area contributed by atoms with Crippen molar-refractivity contribution in [2.75, 3.05) is 6.61 Å². The van der Waals surface area contributed by atoms with Crippen LogP contribution in [0.15, 0.2) is 35.3 Å². The third-order valence-electron chi connectivity index (χ3n) is 2.56. The van der Waals surface area contributed by atoms with Gasteiger partial charge in [0.05, 0.1) is 12.3 Å². The number of aromatic amines is 1. The first kappa shape index (κ1) is 14.1. The summed E-state index contributed by atoms with van der Waals surface area (Å²) in [5, 5.41) is 0. The molecule has 1 aromatic heterocycles. The van der Waals surface area contributed by atoms with Gasteiger partial charge in [0, 0.05) is 6.20 Å². The molecule has 20 heavy (non-hydrogen) atoms. The van der Waals surface area contributed by atoms with Crippen LogP contribution in [0.2, 0.25) is 0 Å². The smallest absolute Gasteiger partial charge is 0.345 e. The Bertz CT molecular complexity index is 749. The van der Waals surface area contributed by atoms with Gasteiger partial charge in [-0.1, -0.05) is 0 Å². The first-order valence-corrected chi connectivity index (χ1v) is 6.23. The molecule has 0 aliphatic heterocycles. The molecule has 0 atom stereocenters. The Morgan fingerprint density at radius 2 is 2.05 bits per heavy atom. The molecule has 104 valence electrons. The van der Waals surface area contributed by atoms with E-state index < -0.39 is 17.3 Å². The van der Waals surface area contributed by atoms with Crippen LogP contribution in [0.5, 0.6) is 0 Å². The molecule has 0 saturated carbocycles. The van der Waals surface area contributed by atoms with E-state index in [-0.39, 0.29) is 16.9 Å². The van der Waals surface area contributed by atoms with Crippen molar-refractivity contribution in [3.8, 4) is 5.69 Å². The van der Waals surface area contributed by atoms with Gasteiger partial charge in [0.2, 0.25) is 0 Å². The van der Waals surface area contributed by atoms with Gasteiger partial charge in [-0.3, -0.25) is 9.36 Å². The fraction of sp³-hybridized carbons (Fsp3) is 0.154. The number of carbonyl (C=O) groups is 1. The molecule has 0 radical (unpaired) electrons. The average molecular weight is 294 g/mol. The quantitative estimate of drug-likeness (QED) is 0.696. The van der Waals surface area contributed by atoms with Crippen LogP contribution in [-0.4, -0.2) is 22.1 Å². The van der Waals surface area contributed by atoms with Crippen LogP contribution in [0.3, 0.4) is 0 Å². The van der Waals surface area contributed by atoms with Gasteiger partial charge in [-0.05, 0) is 43.4 Å². The number of hydrogen-bond acceptors (Lipinski definition) is 4. The molecule has 0 amide bonds. The second kappa shape index (κ2) is 5.79. The highest BCUT2D eigenvalue weighted by atomic mass is 32.1. The standard InChI is InChI=1S/C13H11FN2O3S/c1-2-19-12(18)10-7-15-13(20)16(11(10)17)9-5-3-8(14)4-6-9/h3-7H,2H2,1H3,(H,15,20). The van der Waals surface area contributed by atoms with Gasteiger partial charge >= 0.3 is 5.97 Å². The second-order valence-corrected chi connectivity index (χ2v) is 4.23. The van der Waals surface area contributed by atoms with Crippen molar-refractivity contribution in [3.63, 3.8) is 0 Å². The van der Waals surface area contributed by atoms with E-state index in [0.717, 1.165) is 4.57 Å². The summed E-state index contributed by atoms with van der Waals surface area (Å²) in [4.78, 5) is 26.6. The summed E-state index contributed by atoms with van der Waals surface area (Å²) in [6, 6.07) is 5.20. The third-order valence-corrected chi connectivity index (χ3v) is 2.86. The van der Waals surface area contributed by atoms with E-state index in [9.17, 15) is 14.0 Å². The Morgan fingerprint density at radius 1 is 1.40 bits per heavy atom. The Kier molecular flexibility index (Phi) is 4.09. The van der Waals surface area contributed by atoms with E-state index in [2.05, 4.69) is 4.98 Å². The maximum absolute atomic E-state index is 12.9. The molecule has 0 saturated heterocycles. The SMILES string of the molecule is CCOC(=O)c1c[nH]c(=S)n(-c2ccc(F)cc2)c1=O. The monoisotopic (exact) mass is 294 g/mol. The Balaban J connectivity index is 2.62. The van der Waals surface area contributed by atoms with E-state index in [1.54, 1.807) is 6.92 Å². The van der Waals surface area contributed by atoms with Crippen LogP contribution in [0.1, 0.15) is 17.3 Å². The topological polar surface area (TPSA) is 64.1 Å². The van der Waals surface area contributed by atoms with Crippen molar-refractivity contribution in [1.82, 2.24) is 9.55 Å². The van der Waals surface area contributed by atoms with E-state index in [4.69, 9.17) is 17.0 Å². The van der Waals surface area contributed by atoms with Crippen LogP contribution in [-0.2, 0) is 4.74 Å². The van der Waals surface area contributed by atoms with Crippen molar-refractivity contribution < 1.29 is 13.9 Å². The van der Waals surface area contributed by atoms with E-state index >= 15 is 0 Å². The zero-order valence-corrected chi connectivity index (χ0v) is 11.4. The van der Waals surface area contributed by atoms with Gasteiger partial charge in [0.1, 0.15) is 11.4 Å². The minimum absolute atomic E-state index is 0.106. The number of carbonyl (C=O) groups excluding carboxylic acids is 1. The molecule has 2 rings (SSSR count). The number of ether oxygens (including phenoxy) is 1. The van der Waals surface area contributed by atoms with Crippen molar-refractivity contribution in [1.29, 1.82) is 0 Å². The Hall–Kier alpha value is -2.28. The molecular weight excluding hydrogens is 283 g/mol. The van der Waals surface area contributed by atoms with E-state index in [0.29, 0.717) is 5.69 Å². The summed E-state index contributed by atoms with van der Waals surface area (Å²) in [6.07, 6.45) is 1.21. The fourth-order valence-electron chi connectivity index (χ4n) is 1.65. The third kappa shape index (κ3) is 2.67. The number of esters is 1. The molecule has 1 N–H and O–H groups in total. The highest BCUT2D eigenvalue weighted by Gasteiger charge is 2.15. The van der Waals surface area contributed by atoms with Gasteiger partial charge in [0.25, 0.3) is 5.56 Å². The summed E-state index contributed by atoms with van der Waals surface area (Å²) < 4.78 is 18.9. The molecule has 0 aliphatic carbocycles. The van der Waals surface area contributed by atoms with E-state index in [1.165, 1.54) is 30.5 Å². The van der Waals surface area contributed by atoms with Gasteiger partial charge in [-0.2, -0.15) is 0 Å². The van der Waals surface area contributed by atoms with Crippen molar-refractivity contribution in [3.05, 3.63) is 57.0 Å². The molecule has 0 spiro atoms. The maximum atomic E-state index is 12.9. The van der Waals surface area contributed by atoms with Crippen LogP contribution >= 0.6 is 12.2 Å². The lowest BCUT2D eigenvalue weighted by atomic mass is 10.3. The number of H-pyrrole nitrogens is 1. The van der Waals surface area contributed by atoms with Gasteiger partial charge < -0.3 is 9.72 Å². The first-order chi connectivity index (χ1) is 9.54. The van der Waals surface area contributed by atoms with Crippen LogP contribution in [0.25, 0.3) is 5.69 Å². The predicted octanol–water partition coefficient (Wildman–Crippen LogP) is 2.21. The molecule has 5 nitrogen and oxygen atoms in total. The van der Waals surface area contributed by atoms with Crippen LogP contribution in [0, 0.1) is 10.6 Å². The molecular formula is C13H11FN2O3S. The average Bonchev–Trinajstić information content (AvgIpc) is 2.41. The van der Waals surface area contributed by atoms with Crippen molar-refractivity contribution >= 4 is 18.2 Å². The fourth-order valence-corrected chi connectivity index (χ4v) is 1.90. The molecule has 0 bridgehead atoms. The largest absolute Gasteiger partial charge is 0.462 e. The molecule has 1 aromatic carbocycles. The number of rotatable bonds is 3. The summed E-state index contributed by atoms with van der Waals surface area (Å²) in [7, 11) is 0. The predicted molar refractivity (Wildman–Crippen MR) is 73.1 cm³/mol. The first-order valence-electron chi connectivity index (χ1n) is 5.82. The van der Waals surface area contributed by atoms with Crippen molar-refractivity contribution in [2.45, 2.75) is 6.92 Å². The minimum Gasteiger partial charge on any atom is -0.462 e. The Labute approximate surface area is 118 Å². The van der Waals surface area contributed by atoms with Crippen LogP contribution in [0.4, 0.5) is 4.39 Å². The lowest BCUT2D eigenvalue weighted by Crippen LogP contribution is -2.27. The zero-order chi connectivity index (χ0) is 14.7. The van der Waals surface area contributed by atoms with Crippen LogP contribution < -0.4 is 5.56 Å². The zero-order valence-electron chi connectivity index (χ0n) is 10.6. The second-order valence-electron chi connectivity index (χ2n) is 3.84. The molecule has 7 heteroatoms. The number of nitrogens with one attached hydrogen (secondary N) is 1. The summed E-state index contributed by atoms with van der Waals surface area (Å²) in [5.41, 5.74) is -0.410. The highest BCUT2D eigenvalue weighted by molar-refractivity contribution is 7.71. The molecule has 1 heterocycles. The molecule has 0 aliphatic rings. The number of aromatic nitrogens is 2.